The summed E-state index contributed by atoms with van der Waals surface area (Å²) in [5, 5.41) is 9.94. The summed E-state index contributed by atoms with van der Waals surface area (Å²) in [5.74, 6) is 0.516. The molecule has 2 aromatic rings. The van der Waals surface area contributed by atoms with Gasteiger partial charge in [-0.1, -0.05) is 12.1 Å². The van der Waals surface area contributed by atoms with E-state index in [1.807, 2.05) is 6.07 Å². The van der Waals surface area contributed by atoms with E-state index in [0.717, 1.165) is 0 Å². The number of carbonyl (C=O) groups excluding carboxylic acids is 1. The number of likely N-dealkylation sites (tertiary alicyclic amines) is 1. The van der Waals surface area contributed by atoms with E-state index in [2.05, 4.69) is 9.97 Å². The summed E-state index contributed by atoms with van der Waals surface area (Å²) >= 11 is 1.49. The van der Waals surface area contributed by atoms with Crippen molar-refractivity contribution in [2.45, 2.75) is 37.5 Å². The first-order valence-electron chi connectivity index (χ1n) is 8.51. The third kappa shape index (κ3) is 3.60. The number of hydrogen-bond donors (Lipinski definition) is 2. The second-order valence-electron chi connectivity index (χ2n) is 6.56. The Hall–Kier alpha value is -2.35. The summed E-state index contributed by atoms with van der Waals surface area (Å²) in [5.41, 5.74) is -0.610. The first-order chi connectivity index (χ1) is 12.4. The third-order valence-electron chi connectivity index (χ3n) is 4.76. The number of aromatic amines is 1. The van der Waals surface area contributed by atoms with Gasteiger partial charge in [0.25, 0.3) is 5.56 Å². The Bertz CT molecular complexity index is 897. The largest absolute Gasteiger partial charge is 0.480 e. The van der Waals surface area contributed by atoms with Gasteiger partial charge < -0.3 is 15.0 Å². The number of carboxylic acid groups (broad SMARTS) is 1. The number of nitrogens with zero attached hydrogens (tertiary/aromatic N) is 2. The molecule has 138 valence electrons. The number of rotatable bonds is 6. The smallest absolute Gasteiger partial charge is 0.329 e. The molecule has 1 amide bonds. The molecule has 0 spiro atoms. The van der Waals surface area contributed by atoms with Gasteiger partial charge in [0.15, 0.2) is 0 Å². The van der Waals surface area contributed by atoms with Crippen LogP contribution in [0.4, 0.5) is 0 Å². The number of thioether (sulfide) groups is 1. The molecule has 1 aliphatic heterocycles. The van der Waals surface area contributed by atoms with E-state index in [9.17, 15) is 19.5 Å². The SMILES string of the molecule is CC1(C(=O)O)CCCN1C(=O)CCSCc1nc2ccccc2c(=O)[nH]1. The number of nitrogens with one attached hydrogen (secondary N) is 1. The molecular weight excluding hydrogens is 354 g/mol. The maximum Gasteiger partial charge on any atom is 0.329 e. The van der Waals surface area contributed by atoms with Crippen molar-refractivity contribution in [3.05, 3.63) is 40.4 Å². The molecule has 1 fully saturated rings. The molecule has 0 aliphatic carbocycles. The average molecular weight is 375 g/mol. The molecule has 7 nitrogen and oxygen atoms in total. The zero-order chi connectivity index (χ0) is 18.7. The Kier molecular flexibility index (Phi) is 5.31. The number of aliphatic carboxylic acids is 1. The standard InChI is InChI=1S/C18H21N3O4S/c1-18(17(24)25)8-4-9-21(18)15(22)7-10-26-11-14-19-13-6-3-2-5-12(13)16(23)20-14/h2-3,5-6H,4,7-11H2,1H3,(H,24,25)(H,19,20,23). The first-order valence-corrected chi connectivity index (χ1v) is 9.67. The highest BCUT2D eigenvalue weighted by atomic mass is 32.2. The topological polar surface area (TPSA) is 103 Å². The average Bonchev–Trinajstić information content (AvgIpc) is 3.02. The van der Waals surface area contributed by atoms with Gasteiger partial charge in [-0.05, 0) is 31.9 Å². The van der Waals surface area contributed by atoms with E-state index in [4.69, 9.17) is 0 Å². The Morgan fingerprint density at radius 1 is 1.38 bits per heavy atom. The maximum atomic E-state index is 12.4. The van der Waals surface area contributed by atoms with Crippen LogP contribution in [0.15, 0.2) is 29.1 Å². The number of benzene rings is 1. The van der Waals surface area contributed by atoms with Crippen molar-refractivity contribution < 1.29 is 14.7 Å². The van der Waals surface area contributed by atoms with Crippen molar-refractivity contribution in [3.63, 3.8) is 0 Å². The van der Waals surface area contributed by atoms with Crippen LogP contribution in [-0.4, -0.2) is 49.7 Å². The normalized spacial score (nSPS) is 19.8. The number of carboxylic acids is 1. The van der Waals surface area contributed by atoms with Gasteiger partial charge in [0.1, 0.15) is 11.4 Å². The van der Waals surface area contributed by atoms with Crippen molar-refractivity contribution in [1.29, 1.82) is 0 Å². The molecule has 8 heteroatoms. The van der Waals surface area contributed by atoms with Crippen LogP contribution >= 0.6 is 11.8 Å². The van der Waals surface area contributed by atoms with Gasteiger partial charge in [0.2, 0.25) is 5.91 Å². The van der Waals surface area contributed by atoms with Crippen molar-refractivity contribution in [3.8, 4) is 0 Å². The minimum Gasteiger partial charge on any atom is -0.480 e. The summed E-state index contributed by atoms with van der Waals surface area (Å²) in [6.45, 7) is 2.10. The fourth-order valence-electron chi connectivity index (χ4n) is 3.25. The molecule has 1 aliphatic rings. The monoisotopic (exact) mass is 375 g/mol. The van der Waals surface area contributed by atoms with E-state index in [1.165, 1.54) is 16.7 Å². The van der Waals surface area contributed by atoms with Crippen molar-refractivity contribution >= 4 is 34.5 Å². The van der Waals surface area contributed by atoms with Gasteiger partial charge >= 0.3 is 5.97 Å². The molecule has 1 aromatic carbocycles. The quantitative estimate of drug-likeness (QED) is 0.749. The van der Waals surface area contributed by atoms with Crippen molar-refractivity contribution in [1.82, 2.24) is 14.9 Å². The Morgan fingerprint density at radius 3 is 2.92 bits per heavy atom. The highest BCUT2D eigenvalue weighted by Crippen LogP contribution is 2.30. The zero-order valence-corrected chi connectivity index (χ0v) is 15.3. The summed E-state index contributed by atoms with van der Waals surface area (Å²) in [4.78, 5) is 44.5. The van der Waals surface area contributed by atoms with Crippen LogP contribution in [0.25, 0.3) is 10.9 Å². The Labute approximate surface area is 154 Å². The van der Waals surface area contributed by atoms with Gasteiger partial charge in [0.05, 0.1) is 16.7 Å². The van der Waals surface area contributed by atoms with Crippen molar-refractivity contribution in [2.75, 3.05) is 12.3 Å². The van der Waals surface area contributed by atoms with E-state index in [1.54, 1.807) is 25.1 Å². The molecule has 0 radical (unpaired) electrons. The third-order valence-corrected chi connectivity index (χ3v) is 5.73. The van der Waals surface area contributed by atoms with Gasteiger partial charge in [-0.2, -0.15) is 11.8 Å². The Balaban J connectivity index is 1.55. The minimum absolute atomic E-state index is 0.139. The second kappa shape index (κ2) is 7.49. The number of H-pyrrole nitrogens is 1. The van der Waals surface area contributed by atoms with Gasteiger partial charge in [0, 0.05) is 18.7 Å². The summed E-state index contributed by atoms with van der Waals surface area (Å²) in [6.07, 6.45) is 1.47. The molecule has 2 heterocycles. The molecule has 0 bridgehead atoms. The van der Waals surface area contributed by atoms with Gasteiger partial charge in [-0.3, -0.25) is 9.59 Å². The number of fused-ring (bicyclic) bond motifs is 1. The van der Waals surface area contributed by atoms with E-state index in [0.29, 0.717) is 47.6 Å². The number of hydrogen-bond acceptors (Lipinski definition) is 5. The molecule has 3 rings (SSSR count). The predicted octanol–water partition coefficient (Wildman–Crippen LogP) is 2.01. The fourth-order valence-corrected chi connectivity index (χ4v) is 4.05. The number of amides is 1. The number of aromatic nitrogens is 2. The predicted molar refractivity (Wildman–Crippen MR) is 100 cm³/mol. The first kappa shape index (κ1) is 18.4. The maximum absolute atomic E-state index is 12.4. The molecule has 1 unspecified atom stereocenters. The van der Waals surface area contributed by atoms with Crippen LogP contribution in [0, 0.1) is 0 Å². The van der Waals surface area contributed by atoms with E-state index >= 15 is 0 Å². The van der Waals surface area contributed by atoms with Gasteiger partial charge in [-0.15, -0.1) is 0 Å². The second-order valence-corrected chi connectivity index (χ2v) is 7.67. The molecule has 1 aromatic heterocycles. The van der Waals surface area contributed by atoms with Gasteiger partial charge in [-0.25, -0.2) is 9.78 Å². The summed E-state index contributed by atoms with van der Waals surface area (Å²) < 4.78 is 0. The van der Waals surface area contributed by atoms with Crippen LogP contribution in [0.3, 0.4) is 0 Å². The zero-order valence-electron chi connectivity index (χ0n) is 14.5. The molecule has 2 N–H and O–H groups in total. The van der Waals surface area contributed by atoms with E-state index < -0.39 is 11.5 Å². The molecule has 0 saturated carbocycles. The molecule has 1 saturated heterocycles. The van der Waals surface area contributed by atoms with Crippen LogP contribution in [0.1, 0.15) is 32.0 Å². The van der Waals surface area contributed by atoms with Crippen molar-refractivity contribution in [2.24, 2.45) is 0 Å². The van der Waals surface area contributed by atoms with Crippen LogP contribution in [-0.2, 0) is 15.3 Å². The lowest BCUT2D eigenvalue weighted by Crippen LogP contribution is -2.50. The highest BCUT2D eigenvalue weighted by molar-refractivity contribution is 7.98. The summed E-state index contributed by atoms with van der Waals surface area (Å²) in [7, 11) is 0. The fraction of sp³-hybridized carbons (Fsp3) is 0.444. The summed E-state index contributed by atoms with van der Waals surface area (Å²) in [6, 6.07) is 7.15. The lowest BCUT2D eigenvalue weighted by Gasteiger charge is -2.31. The highest BCUT2D eigenvalue weighted by Gasteiger charge is 2.45. The number of carbonyl (C=O) groups is 2. The lowest BCUT2D eigenvalue weighted by molar-refractivity contribution is -0.155. The molecule has 1 atom stereocenters. The molecule has 26 heavy (non-hydrogen) atoms. The molecular formula is C18H21N3O4S. The Morgan fingerprint density at radius 2 is 2.15 bits per heavy atom. The van der Waals surface area contributed by atoms with Crippen LogP contribution < -0.4 is 5.56 Å². The van der Waals surface area contributed by atoms with Crippen LogP contribution in [0.5, 0.6) is 0 Å². The van der Waals surface area contributed by atoms with E-state index in [-0.39, 0.29) is 17.9 Å². The minimum atomic E-state index is -1.09. The number of para-hydroxylation sites is 1. The van der Waals surface area contributed by atoms with Crippen LogP contribution in [0.2, 0.25) is 0 Å². The lowest BCUT2D eigenvalue weighted by atomic mass is 9.99.